The van der Waals surface area contributed by atoms with Crippen molar-refractivity contribution in [3.8, 4) is 0 Å². The minimum Gasteiger partial charge on any atom is -0.466 e. The fraction of sp³-hybridized carbons (Fsp3) is 0.667. The van der Waals surface area contributed by atoms with Gasteiger partial charge < -0.3 is 34.7 Å². The predicted octanol–water partition coefficient (Wildman–Crippen LogP) is -0.490. The van der Waals surface area contributed by atoms with E-state index in [2.05, 4.69) is 13.2 Å². The molecule has 4 N–H and O–H groups in total. The van der Waals surface area contributed by atoms with Crippen molar-refractivity contribution in [2.75, 3.05) is 13.7 Å². The van der Waals surface area contributed by atoms with Gasteiger partial charge in [-0.1, -0.05) is 20.1 Å². The number of esters is 2. The summed E-state index contributed by atoms with van der Waals surface area (Å²) in [6.07, 6.45) is -3.34. The molecule has 0 saturated heterocycles. The molecule has 0 aromatic rings. The molecule has 2 saturated carbocycles. The molecule has 0 aromatic carbocycles. The van der Waals surface area contributed by atoms with Crippen LogP contribution in [0.3, 0.4) is 0 Å². The van der Waals surface area contributed by atoms with E-state index in [-0.39, 0.29) is 12.0 Å². The predicted molar refractivity (Wildman–Crippen MR) is 104 cm³/mol. The van der Waals surface area contributed by atoms with Crippen LogP contribution in [0, 0.1) is 23.2 Å². The first-order chi connectivity index (χ1) is 14.0. The van der Waals surface area contributed by atoms with Crippen LogP contribution in [0.25, 0.3) is 0 Å². The molecule has 9 heteroatoms. The van der Waals surface area contributed by atoms with Gasteiger partial charge in [0.15, 0.2) is 0 Å². The second-order valence-electron chi connectivity index (χ2n) is 8.33. The van der Waals surface area contributed by atoms with E-state index in [0.717, 1.165) is 13.4 Å². The van der Waals surface area contributed by atoms with Crippen molar-refractivity contribution in [2.45, 2.75) is 50.6 Å². The molecule has 2 rings (SSSR count). The van der Waals surface area contributed by atoms with Gasteiger partial charge in [0.2, 0.25) is 0 Å². The van der Waals surface area contributed by atoms with Gasteiger partial charge >= 0.3 is 11.9 Å². The van der Waals surface area contributed by atoms with E-state index in [1.165, 1.54) is 0 Å². The Kier molecular flexibility index (Phi) is 7.57. The zero-order valence-electron chi connectivity index (χ0n) is 17.2. The smallest absolute Gasteiger partial charge is 0.336 e. The van der Waals surface area contributed by atoms with Crippen molar-refractivity contribution < 1.29 is 44.3 Å². The molecule has 0 unspecified atom stereocenters. The van der Waals surface area contributed by atoms with Crippen molar-refractivity contribution in [1.82, 2.24) is 0 Å². The van der Waals surface area contributed by atoms with Crippen LogP contribution in [0.5, 0.6) is 0 Å². The number of hydrogen-bond donors (Lipinski definition) is 4. The summed E-state index contributed by atoms with van der Waals surface area (Å²) in [6.45, 7) is 8.08. The molecular formula is C21H30O9. The zero-order chi connectivity index (χ0) is 22.8. The van der Waals surface area contributed by atoms with E-state index >= 15 is 0 Å². The van der Waals surface area contributed by atoms with Gasteiger partial charge in [-0.25, -0.2) is 9.59 Å². The van der Waals surface area contributed by atoms with Crippen molar-refractivity contribution >= 4 is 18.2 Å². The van der Waals surface area contributed by atoms with Crippen LogP contribution in [0.15, 0.2) is 24.3 Å². The summed E-state index contributed by atoms with van der Waals surface area (Å²) >= 11 is 0. The van der Waals surface area contributed by atoms with Crippen LogP contribution < -0.4 is 0 Å². The zero-order valence-corrected chi connectivity index (χ0v) is 17.2. The highest BCUT2D eigenvalue weighted by Gasteiger charge is 2.60. The van der Waals surface area contributed by atoms with Gasteiger partial charge in [-0.3, -0.25) is 0 Å². The molecule has 2 aliphatic rings. The van der Waals surface area contributed by atoms with Gasteiger partial charge in [-0.15, -0.1) is 0 Å². The van der Waals surface area contributed by atoms with Gasteiger partial charge in [0, 0.05) is 22.8 Å². The molecule has 0 heterocycles. The Morgan fingerprint density at radius 2 is 1.87 bits per heavy atom. The summed E-state index contributed by atoms with van der Waals surface area (Å²) in [6, 6.07) is 0. The lowest BCUT2D eigenvalue weighted by atomic mass is 9.51. The Bertz CT molecular complexity index is 717. The van der Waals surface area contributed by atoms with Crippen LogP contribution >= 0.6 is 0 Å². The Morgan fingerprint density at radius 1 is 1.23 bits per heavy atom. The topological polar surface area (TPSA) is 151 Å². The molecule has 0 bridgehead atoms. The maximum atomic E-state index is 12.5. The highest BCUT2D eigenvalue weighted by molar-refractivity contribution is 5.90. The molecular weight excluding hydrogens is 396 g/mol. The molecule has 30 heavy (non-hydrogen) atoms. The third kappa shape index (κ3) is 4.20. The molecule has 168 valence electrons. The molecule has 0 aliphatic heterocycles. The van der Waals surface area contributed by atoms with Crippen molar-refractivity contribution in [3.05, 3.63) is 24.3 Å². The summed E-state index contributed by atoms with van der Waals surface area (Å²) in [5, 5.41) is 40.6. The molecule has 0 radical (unpaired) electrons. The van der Waals surface area contributed by atoms with Crippen molar-refractivity contribution in [2.24, 2.45) is 23.2 Å². The fourth-order valence-electron chi connectivity index (χ4n) is 4.91. The second kappa shape index (κ2) is 9.38. The number of carbonyl (C=O) groups is 3. The normalized spacial score (nSPS) is 36.7. The maximum Gasteiger partial charge on any atom is 0.336 e. The first-order valence-corrected chi connectivity index (χ1v) is 9.80. The monoisotopic (exact) mass is 426 g/mol. The maximum absolute atomic E-state index is 12.5. The molecule has 2 aliphatic carbocycles. The lowest BCUT2D eigenvalue weighted by Gasteiger charge is -2.56. The van der Waals surface area contributed by atoms with Gasteiger partial charge in [-0.2, -0.15) is 0 Å². The van der Waals surface area contributed by atoms with Crippen LogP contribution in [-0.4, -0.2) is 76.8 Å². The molecule has 2 fully saturated rings. The quantitative estimate of drug-likeness (QED) is 0.240. The highest BCUT2D eigenvalue weighted by atomic mass is 16.5. The second-order valence-corrected chi connectivity index (χ2v) is 8.33. The number of fused-ring (bicyclic) bond motifs is 1. The van der Waals surface area contributed by atoms with Crippen LogP contribution in [-0.2, 0) is 23.9 Å². The third-order valence-corrected chi connectivity index (χ3v) is 6.66. The van der Waals surface area contributed by atoms with Gasteiger partial charge in [-0.05, 0) is 19.3 Å². The Labute approximate surface area is 175 Å². The summed E-state index contributed by atoms with van der Waals surface area (Å²) in [5.74, 6) is -4.16. The minimum absolute atomic E-state index is 0.0369. The SMILES string of the molecule is C=C(C(=O)OC)[C@@H]1[C@H](O)[C@@H]2[C@H](C=O)CC[C@H](O)[C@@]2(C)C[C@H]1OC(=O)C(=C)[C@H](O)CO. The summed E-state index contributed by atoms with van der Waals surface area (Å²) in [7, 11) is 1.14. The first-order valence-electron chi connectivity index (χ1n) is 9.80. The van der Waals surface area contributed by atoms with Crippen LogP contribution in [0.4, 0.5) is 0 Å². The molecule has 0 aromatic heterocycles. The third-order valence-electron chi connectivity index (χ3n) is 6.66. The van der Waals surface area contributed by atoms with Crippen LogP contribution in [0.2, 0.25) is 0 Å². The molecule has 0 amide bonds. The number of aliphatic hydroxyl groups excluding tert-OH is 4. The number of hydrogen-bond acceptors (Lipinski definition) is 9. The summed E-state index contributed by atoms with van der Waals surface area (Å²) in [5.41, 5.74) is -1.50. The van der Waals surface area contributed by atoms with E-state index in [9.17, 15) is 29.7 Å². The average Bonchev–Trinajstić information content (AvgIpc) is 2.72. The standard InChI is InChI=1S/C21H30O9/c1-10(13(24)9-23)20(28)30-14-7-21(3)15(25)6-5-12(8-22)17(21)18(26)16(14)11(2)19(27)29-4/h8,12-18,23-26H,1-2,5-7,9H2,3-4H3/t12-,13+,14+,15-,16-,17-,18-,21+/m0/s1. The fourth-order valence-corrected chi connectivity index (χ4v) is 4.91. The minimum atomic E-state index is -1.53. The Hall–Kier alpha value is -2.07. The lowest BCUT2D eigenvalue weighted by Crippen LogP contribution is -2.62. The average molecular weight is 426 g/mol. The van der Waals surface area contributed by atoms with E-state index < -0.39 is 71.7 Å². The Morgan fingerprint density at radius 3 is 2.40 bits per heavy atom. The van der Waals surface area contributed by atoms with Crippen molar-refractivity contribution in [3.63, 3.8) is 0 Å². The number of methoxy groups -OCH3 is 1. The van der Waals surface area contributed by atoms with Crippen molar-refractivity contribution in [1.29, 1.82) is 0 Å². The van der Waals surface area contributed by atoms with E-state index in [1.54, 1.807) is 6.92 Å². The Balaban J connectivity index is 2.45. The number of aliphatic hydroxyl groups is 4. The van der Waals surface area contributed by atoms with E-state index in [0.29, 0.717) is 12.8 Å². The summed E-state index contributed by atoms with van der Waals surface area (Å²) < 4.78 is 10.2. The number of rotatable bonds is 7. The largest absolute Gasteiger partial charge is 0.466 e. The number of ether oxygens (including phenoxy) is 2. The molecule has 8 atom stereocenters. The van der Waals surface area contributed by atoms with E-state index in [4.69, 9.17) is 14.6 Å². The number of carbonyl (C=O) groups excluding carboxylic acids is 3. The van der Waals surface area contributed by atoms with Gasteiger partial charge in [0.1, 0.15) is 18.5 Å². The van der Waals surface area contributed by atoms with Crippen LogP contribution in [0.1, 0.15) is 26.2 Å². The highest BCUT2D eigenvalue weighted by Crippen LogP contribution is 2.55. The lowest BCUT2D eigenvalue weighted by molar-refractivity contribution is -0.198. The molecule has 9 nitrogen and oxygen atoms in total. The first kappa shape index (κ1) is 24.2. The van der Waals surface area contributed by atoms with Gasteiger partial charge in [0.05, 0.1) is 37.4 Å². The van der Waals surface area contributed by atoms with E-state index in [1.807, 2.05) is 0 Å². The van der Waals surface area contributed by atoms with Gasteiger partial charge in [0.25, 0.3) is 0 Å². The number of aldehydes is 1. The molecule has 0 spiro atoms. The summed E-state index contributed by atoms with van der Waals surface area (Å²) in [4.78, 5) is 36.3.